The zero-order valence-corrected chi connectivity index (χ0v) is 12.2. The Hall–Kier alpha value is -2.00. The Morgan fingerprint density at radius 3 is 2.30 bits per heavy atom. The van der Waals surface area contributed by atoms with Crippen LogP contribution in [0.3, 0.4) is 0 Å². The number of rotatable bonds is 5. The molecule has 0 spiro atoms. The summed E-state index contributed by atoms with van der Waals surface area (Å²) in [5.74, 6) is 1.43. The van der Waals surface area contributed by atoms with E-state index in [0.717, 1.165) is 17.7 Å². The standard InChI is InChI=1S/C17H21NO2/c1-12-7-9-13(10-8-12)11-15(18)14-5-4-6-16(19-2)17(14)20-3/h4-10,15H,11,18H2,1-3H3. The summed E-state index contributed by atoms with van der Waals surface area (Å²) in [7, 11) is 3.27. The minimum Gasteiger partial charge on any atom is -0.493 e. The van der Waals surface area contributed by atoms with Crippen LogP contribution >= 0.6 is 0 Å². The van der Waals surface area contributed by atoms with Crippen LogP contribution in [-0.4, -0.2) is 14.2 Å². The average molecular weight is 271 g/mol. The monoisotopic (exact) mass is 271 g/mol. The number of ether oxygens (including phenoxy) is 2. The van der Waals surface area contributed by atoms with Gasteiger partial charge in [-0.05, 0) is 25.0 Å². The maximum absolute atomic E-state index is 6.33. The molecule has 0 aliphatic carbocycles. The highest BCUT2D eigenvalue weighted by Crippen LogP contribution is 2.34. The Kier molecular flexibility index (Phi) is 4.64. The van der Waals surface area contributed by atoms with Crippen molar-refractivity contribution in [1.82, 2.24) is 0 Å². The number of hydrogen-bond donors (Lipinski definition) is 1. The first-order chi connectivity index (χ1) is 9.65. The van der Waals surface area contributed by atoms with Gasteiger partial charge in [0.15, 0.2) is 11.5 Å². The Bertz CT molecular complexity index is 564. The summed E-state index contributed by atoms with van der Waals surface area (Å²) in [5.41, 5.74) is 9.76. The molecule has 3 heteroatoms. The molecule has 0 heterocycles. The van der Waals surface area contributed by atoms with E-state index < -0.39 is 0 Å². The molecule has 20 heavy (non-hydrogen) atoms. The lowest BCUT2D eigenvalue weighted by Crippen LogP contribution is -2.14. The van der Waals surface area contributed by atoms with E-state index >= 15 is 0 Å². The fourth-order valence-electron chi connectivity index (χ4n) is 2.29. The molecule has 0 bridgehead atoms. The highest BCUT2D eigenvalue weighted by Gasteiger charge is 2.16. The number of hydrogen-bond acceptors (Lipinski definition) is 3. The van der Waals surface area contributed by atoms with Crippen molar-refractivity contribution in [3.8, 4) is 11.5 Å². The number of aryl methyl sites for hydroxylation is 1. The Labute approximate surface area is 120 Å². The van der Waals surface area contributed by atoms with Crippen LogP contribution in [0.1, 0.15) is 22.7 Å². The molecule has 0 saturated carbocycles. The third-order valence-corrected chi connectivity index (χ3v) is 3.41. The topological polar surface area (TPSA) is 44.5 Å². The molecule has 2 aromatic rings. The first kappa shape index (κ1) is 14.4. The molecule has 2 aromatic carbocycles. The van der Waals surface area contributed by atoms with Crippen molar-refractivity contribution in [1.29, 1.82) is 0 Å². The van der Waals surface area contributed by atoms with Crippen molar-refractivity contribution in [2.75, 3.05) is 14.2 Å². The van der Waals surface area contributed by atoms with Gasteiger partial charge in [-0.1, -0.05) is 42.0 Å². The quantitative estimate of drug-likeness (QED) is 0.908. The molecule has 106 valence electrons. The highest BCUT2D eigenvalue weighted by molar-refractivity contribution is 5.48. The fraction of sp³-hybridized carbons (Fsp3) is 0.294. The summed E-state index contributed by atoms with van der Waals surface area (Å²) in [5, 5.41) is 0. The van der Waals surface area contributed by atoms with Gasteiger partial charge >= 0.3 is 0 Å². The molecule has 0 aromatic heterocycles. The molecule has 0 amide bonds. The summed E-state index contributed by atoms with van der Waals surface area (Å²) in [6.45, 7) is 2.08. The zero-order valence-electron chi connectivity index (χ0n) is 12.2. The molecular formula is C17H21NO2. The molecule has 0 fully saturated rings. The first-order valence-corrected chi connectivity index (χ1v) is 6.67. The van der Waals surface area contributed by atoms with Crippen molar-refractivity contribution < 1.29 is 9.47 Å². The zero-order chi connectivity index (χ0) is 14.5. The van der Waals surface area contributed by atoms with E-state index in [1.54, 1.807) is 14.2 Å². The largest absolute Gasteiger partial charge is 0.493 e. The molecule has 2 rings (SSSR count). The van der Waals surface area contributed by atoms with Crippen LogP contribution in [0.2, 0.25) is 0 Å². The summed E-state index contributed by atoms with van der Waals surface area (Å²) < 4.78 is 10.8. The number of benzene rings is 2. The van der Waals surface area contributed by atoms with Gasteiger partial charge < -0.3 is 15.2 Å². The summed E-state index contributed by atoms with van der Waals surface area (Å²) in [4.78, 5) is 0. The van der Waals surface area contributed by atoms with Crippen LogP contribution in [0.5, 0.6) is 11.5 Å². The number of methoxy groups -OCH3 is 2. The third kappa shape index (κ3) is 3.11. The van der Waals surface area contributed by atoms with Crippen molar-refractivity contribution in [3.05, 3.63) is 59.2 Å². The van der Waals surface area contributed by atoms with E-state index in [-0.39, 0.29) is 6.04 Å². The van der Waals surface area contributed by atoms with Crippen LogP contribution in [0.15, 0.2) is 42.5 Å². The first-order valence-electron chi connectivity index (χ1n) is 6.67. The van der Waals surface area contributed by atoms with Gasteiger partial charge in [0.05, 0.1) is 14.2 Å². The molecule has 3 nitrogen and oxygen atoms in total. The molecule has 0 aliphatic rings. The summed E-state index contributed by atoms with van der Waals surface area (Å²) in [6.07, 6.45) is 0.768. The minimum atomic E-state index is -0.122. The Morgan fingerprint density at radius 2 is 1.70 bits per heavy atom. The molecule has 1 atom stereocenters. The molecular weight excluding hydrogens is 250 g/mol. The Balaban J connectivity index is 2.24. The van der Waals surface area contributed by atoms with Gasteiger partial charge in [0, 0.05) is 11.6 Å². The highest BCUT2D eigenvalue weighted by atomic mass is 16.5. The predicted molar refractivity (Wildman–Crippen MR) is 81.4 cm³/mol. The van der Waals surface area contributed by atoms with Crippen LogP contribution < -0.4 is 15.2 Å². The number of nitrogens with two attached hydrogens (primary N) is 1. The summed E-state index contributed by atoms with van der Waals surface area (Å²) >= 11 is 0. The van der Waals surface area contributed by atoms with Gasteiger partial charge in [0.1, 0.15) is 0 Å². The van der Waals surface area contributed by atoms with Gasteiger partial charge in [-0.25, -0.2) is 0 Å². The number of para-hydroxylation sites is 1. The van der Waals surface area contributed by atoms with Gasteiger partial charge in [0.25, 0.3) is 0 Å². The summed E-state index contributed by atoms with van der Waals surface area (Å²) in [6, 6.07) is 14.1. The third-order valence-electron chi connectivity index (χ3n) is 3.41. The van der Waals surface area contributed by atoms with Crippen molar-refractivity contribution in [2.24, 2.45) is 5.73 Å². The lowest BCUT2D eigenvalue weighted by molar-refractivity contribution is 0.349. The van der Waals surface area contributed by atoms with E-state index in [1.165, 1.54) is 11.1 Å². The van der Waals surface area contributed by atoms with Crippen molar-refractivity contribution >= 4 is 0 Å². The molecule has 0 aliphatic heterocycles. The van der Waals surface area contributed by atoms with Gasteiger partial charge in [-0.15, -0.1) is 0 Å². The van der Waals surface area contributed by atoms with Crippen LogP contribution in [0.4, 0.5) is 0 Å². The van der Waals surface area contributed by atoms with Gasteiger partial charge in [-0.3, -0.25) is 0 Å². The van der Waals surface area contributed by atoms with E-state index in [9.17, 15) is 0 Å². The maximum atomic E-state index is 6.33. The van der Waals surface area contributed by atoms with Crippen LogP contribution in [0.25, 0.3) is 0 Å². The second-order valence-corrected chi connectivity index (χ2v) is 4.88. The van der Waals surface area contributed by atoms with Crippen molar-refractivity contribution in [2.45, 2.75) is 19.4 Å². The van der Waals surface area contributed by atoms with Crippen LogP contribution in [-0.2, 0) is 6.42 Å². The van der Waals surface area contributed by atoms with E-state index in [1.807, 2.05) is 18.2 Å². The van der Waals surface area contributed by atoms with E-state index in [0.29, 0.717) is 5.75 Å². The maximum Gasteiger partial charge on any atom is 0.165 e. The molecule has 0 saturated heterocycles. The van der Waals surface area contributed by atoms with Gasteiger partial charge in [0.2, 0.25) is 0 Å². The smallest absolute Gasteiger partial charge is 0.165 e. The second kappa shape index (κ2) is 6.44. The van der Waals surface area contributed by atoms with Crippen molar-refractivity contribution in [3.63, 3.8) is 0 Å². The Morgan fingerprint density at radius 1 is 1.00 bits per heavy atom. The van der Waals surface area contributed by atoms with Crippen LogP contribution in [0, 0.1) is 6.92 Å². The van der Waals surface area contributed by atoms with Gasteiger partial charge in [-0.2, -0.15) is 0 Å². The van der Waals surface area contributed by atoms with E-state index in [2.05, 4.69) is 31.2 Å². The SMILES string of the molecule is COc1cccc(C(N)Cc2ccc(C)cc2)c1OC. The second-order valence-electron chi connectivity index (χ2n) is 4.88. The average Bonchev–Trinajstić information content (AvgIpc) is 2.48. The minimum absolute atomic E-state index is 0.122. The lowest BCUT2D eigenvalue weighted by atomic mass is 9.98. The van der Waals surface area contributed by atoms with E-state index in [4.69, 9.17) is 15.2 Å². The molecule has 1 unspecified atom stereocenters. The normalized spacial score (nSPS) is 12.0. The molecule has 2 N–H and O–H groups in total. The predicted octanol–water partition coefficient (Wildman–Crippen LogP) is 3.25. The molecule has 0 radical (unpaired) electrons. The lowest BCUT2D eigenvalue weighted by Gasteiger charge is -2.18. The fourth-order valence-corrected chi connectivity index (χ4v) is 2.29.